The lowest BCUT2D eigenvalue weighted by Gasteiger charge is -2.42. The van der Waals surface area contributed by atoms with Crippen molar-refractivity contribution >= 4 is 0 Å². The molecule has 1 aliphatic rings. The molecule has 0 aromatic carbocycles. The summed E-state index contributed by atoms with van der Waals surface area (Å²) in [4.78, 5) is 2.77. The lowest BCUT2D eigenvalue weighted by molar-refractivity contribution is 0.0944. The fraction of sp³-hybridized carbons (Fsp3) is 1.00. The third-order valence-corrected chi connectivity index (χ3v) is 4.26. The van der Waals surface area contributed by atoms with E-state index in [0.29, 0.717) is 11.5 Å². The average molecular weight is 283 g/mol. The highest BCUT2D eigenvalue weighted by atomic mass is 15.2. The quantitative estimate of drug-likeness (QED) is 0.787. The molecule has 1 aliphatic heterocycles. The molecule has 1 heterocycles. The summed E-state index contributed by atoms with van der Waals surface area (Å²) in [7, 11) is 0. The van der Waals surface area contributed by atoms with Gasteiger partial charge in [0.25, 0.3) is 0 Å². The van der Waals surface area contributed by atoms with Gasteiger partial charge in [0.1, 0.15) is 0 Å². The summed E-state index contributed by atoms with van der Waals surface area (Å²) in [5.41, 5.74) is 0.445. The molecular weight excluding hydrogens is 244 g/mol. The van der Waals surface area contributed by atoms with E-state index in [-0.39, 0.29) is 0 Å². The first-order valence-electron chi connectivity index (χ1n) is 8.65. The van der Waals surface area contributed by atoms with Gasteiger partial charge in [-0.05, 0) is 43.1 Å². The molecule has 0 aromatic rings. The van der Waals surface area contributed by atoms with Gasteiger partial charge in [0.15, 0.2) is 0 Å². The summed E-state index contributed by atoms with van der Waals surface area (Å²) < 4.78 is 0. The monoisotopic (exact) mass is 282 g/mol. The summed E-state index contributed by atoms with van der Waals surface area (Å²) in [5.74, 6) is 1.58. The van der Waals surface area contributed by atoms with Gasteiger partial charge < -0.3 is 5.32 Å². The zero-order valence-electron chi connectivity index (χ0n) is 15.0. The number of rotatable bonds is 6. The molecule has 1 N–H and O–H groups in total. The predicted octanol–water partition coefficient (Wildman–Crippen LogP) is 4.16. The second-order valence-corrected chi connectivity index (χ2v) is 8.82. The van der Waals surface area contributed by atoms with Gasteiger partial charge in [-0.3, -0.25) is 4.90 Å². The number of hydrogen-bond acceptors (Lipinski definition) is 2. The minimum atomic E-state index is 0.445. The Morgan fingerprint density at radius 2 is 1.65 bits per heavy atom. The van der Waals surface area contributed by atoms with Crippen LogP contribution in [0.1, 0.15) is 67.7 Å². The van der Waals surface area contributed by atoms with E-state index >= 15 is 0 Å². The summed E-state index contributed by atoms with van der Waals surface area (Å²) in [6, 6.07) is 1.43. The van der Waals surface area contributed by atoms with Gasteiger partial charge in [-0.25, -0.2) is 0 Å². The van der Waals surface area contributed by atoms with Gasteiger partial charge in [-0.2, -0.15) is 0 Å². The van der Waals surface area contributed by atoms with Crippen molar-refractivity contribution < 1.29 is 0 Å². The maximum absolute atomic E-state index is 3.79. The summed E-state index contributed by atoms with van der Waals surface area (Å²) in [6.45, 7) is 20.1. The molecule has 1 fully saturated rings. The molecule has 2 nitrogen and oxygen atoms in total. The standard InChI is InChI=1S/C18H38N2/c1-14(2)10-16-13-20(9-8-18(5,6)7)17(12-19-16)11-15(3)4/h14-17,19H,8-13H2,1-7H3. The van der Waals surface area contributed by atoms with E-state index in [9.17, 15) is 0 Å². The molecule has 0 saturated carbocycles. The van der Waals surface area contributed by atoms with Crippen LogP contribution >= 0.6 is 0 Å². The van der Waals surface area contributed by atoms with Gasteiger partial charge >= 0.3 is 0 Å². The Morgan fingerprint density at radius 1 is 1.05 bits per heavy atom. The minimum Gasteiger partial charge on any atom is -0.311 e. The SMILES string of the molecule is CC(C)CC1CN(CCC(C)(C)C)C(CC(C)C)CN1. The Bertz CT molecular complexity index is 265. The number of nitrogens with one attached hydrogen (secondary N) is 1. The Morgan fingerprint density at radius 3 is 2.15 bits per heavy atom. The van der Waals surface area contributed by atoms with Crippen LogP contribution in [0.2, 0.25) is 0 Å². The lowest BCUT2D eigenvalue weighted by Crippen LogP contribution is -2.57. The van der Waals surface area contributed by atoms with Gasteiger partial charge in [0.05, 0.1) is 0 Å². The number of hydrogen-bond donors (Lipinski definition) is 1. The molecule has 120 valence electrons. The fourth-order valence-corrected chi connectivity index (χ4v) is 3.18. The molecule has 2 unspecified atom stereocenters. The first-order chi connectivity index (χ1) is 9.17. The van der Waals surface area contributed by atoms with Crippen molar-refractivity contribution in [1.82, 2.24) is 10.2 Å². The predicted molar refractivity (Wildman–Crippen MR) is 90.1 cm³/mol. The second kappa shape index (κ2) is 7.79. The lowest BCUT2D eigenvalue weighted by atomic mass is 9.90. The van der Waals surface area contributed by atoms with Crippen molar-refractivity contribution in [2.24, 2.45) is 17.3 Å². The van der Waals surface area contributed by atoms with Crippen molar-refractivity contribution in [3.63, 3.8) is 0 Å². The van der Waals surface area contributed by atoms with Gasteiger partial charge in [-0.1, -0.05) is 48.5 Å². The molecule has 2 atom stereocenters. The van der Waals surface area contributed by atoms with Gasteiger partial charge in [0.2, 0.25) is 0 Å². The average Bonchev–Trinajstić information content (AvgIpc) is 2.26. The fourth-order valence-electron chi connectivity index (χ4n) is 3.18. The molecule has 1 rings (SSSR count). The highest BCUT2D eigenvalue weighted by Crippen LogP contribution is 2.23. The maximum Gasteiger partial charge on any atom is 0.0223 e. The van der Waals surface area contributed by atoms with Crippen molar-refractivity contribution in [3.8, 4) is 0 Å². The molecule has 1 saturated heterocycles. The van der Waals surface area contributed by atoms with E-state index in [4.69, 9.17) is 0 Å². The van der Waals surface area contributed by atoms with E-state index in [1.165, 1.54) is 38.9 Å². The Labute approximate surface area is 127 Å². The Balaban J connectivity index is 2.57. The Hall–Kier alpha value is -0.0800. The van der Waals surface area contributed by atoms with E-state index in [2.05, 4.69) is 58.7 Å². The van der Waals surface area contributed by atoms with Crippen LogP contribution in [0.15, 0.2) is 0 Å². The molecule has 0 aliphatic carbocycles. The smallest absolute Gasteiger partial charge is 0.0223 e. The van der Waals surface area contributed by atoms with E-state index in [1.807, 2.05) is 0 Å². The van der Waals surface area contributed by atoms with Crippen LogP contribution in [-0.4, -0.2) is 36.6 Å². The van der Waals surface area contributed by atoms with Crippen LogP contribution in [0.5, 0.6) is 0 Å². The molecule has 20 heavy (non-hydrogen) atoms. The van der Waals surface area contributed by atoms with Gasteiger partial charge in [0, 0.05) is 25.2 Å². The van der Waals surface area contributed by atoms with Crippen LogP contribution in [0.25, 0.3) is 0 Å². The van der Waals surface area contributed by atoms with Crippen molar-refractivity contribution in [2.45, 2.75) is 79.8 Å². The van der Waals surface area contributed by atoms with E-state index in [1.54, 1.807) is 0 Å². The molecule has 2 heteroatoms. The topological polar surface area (TPSA) is 15.3 Å². The van der Waals surface area contributed by atoms with Crippen LogP contribution in [0, 0.1) is 17.3 Å². The second-order valence-electron chi connectivity index (χ2n) is 8.82. The highest BCUT2D eigenvalue weighted by Gasteiger charge is 2.29. The molecule has 0 spiro atoms. The molecule has 0 bridgehead atoms. The van der Waals surface area contributed by atoms with Crippen molar-refractivity contribution in [1.29, 1.82) is 0 Å². The highest BCUT2D eigenvalue weighted by molar-refractivity contribution is 4.87. The van der Waals surface area contributed by atoms with E-state index in [0.717, 1.165) is 17.9 Å². The summed E-state index contributed by atoms with van der Waals surface area (Å²) >= 11 is 0. The van der Waals surface area contributed by atoms with Crippen LogP contribution in [0.3, 0.4) is 0 Å². The summed E-state index contributed by atoms with van der Waals surface area (Å²) in [6.07, 6.45) is 3.93. The summed E-state index contributed by atoms with van der Waals surface area (Å²) in [5, 5.41) is 3.79. The number of nitrogens with zero attached hydrogens (tertiary/aromatic N) is 1. The first kappa shape index (κ1) is 18.0. The van der Waals surface area contributed by atoms with Crippen LogP contribution < -0.4 is 5.32 Å². The normalized spacial score (nSPS) is 25.6. The molecular formula is C18H38N2. The minimum absolute atomic E-state index is 0.445. The third kappa shape index (κ3) is 7.08. The van der Waals surface area contributed by atoms with Crippen LogP contribution in [0.4, 0.5) is 0 Å². The zero-order chi connectivity index (χ0) is 15.3. The molecule has 0 aromatic heterocycles. The van der Waals surface area contributed by atoms with Crippen LogP contribution in [-0.2, 0) is 0 Å². The Kier molecular flexibility index (Phi) is 7.00. The van der Waals surface area contributed by atoms with E-state index < -0.39 is 0 Å². The van der Waals surface area contributed by atoms with Crippen molar-refractivity contribution in [2.75, 3.05) is 19.6 Å². The van der Waals surface area contributed by atoms with Gasteiger partial charge in [-0.15, -0.1) is 0 Å². The largest absolute Gasteiger partial charge is 0.311 e. The third-order valence-electron chi connectivity index (χ3n) is 4.26. The molecule has 0 radical (unpaired) electrons. The van der Waals surface area contributed by atoms with Crippen molar-refractivity contribution in [3.05, 3.63) is 0 Å². The number of piperazine rings is 1. The first-order valence-corrected chi connectivity index (χ1v) is 8.65. The zero-order valence-corrected chi connectivity index (χ0v) is 15.0. The maximum atomic E-state index is 3.79. The molecule has 0 amide bonds.